The summed E-state index contributed by atoms with van der Waals surface area (Å²) in [6.45, 7) is 0. The first-order valence-corrected chi connectivity index (χ1v) is 4.99. The molecule has 17 heavy (non-hydrogen) atoms. The fourth-order valence-corrected chi connectivity index (χ4v) is 1.48. The van der Waals surface area contributed by atoms with Gasteiger partial charge in [0.2, 0.25) is 0 Å². The smallest absolute Gasteiger partial charge is 0.284 e. The van der Waals surface area contributed by atoms with Crippen LogP contribution in [-0.4, -0.2) is 30.0 Å². The van der Waals surface area contributed by atoms with Gasteiger partial charge in [-0.1, -0.05) is 0 Å². The Morgan fingerprint density at radius 2 is 2.24 bits per heavy atom. The van der Waals surface area contributed by atoms with Crippen molar-refractivity contribution in [3.05, 3.63) is 33.4 Å². The number of nitro benzene ring substituents is 1. The Bertz CT molecular complexity index is 486. The molecular formula is C10H8ClNO5. The Balaban J connectivity index is 3.57. The fourth-order valence-electron chi connectivity index (χ4n) is 1.34. The van der Waals surface area contributed by atoms with Gasteiger partial charge in [-0.25, -0.2) is 0 Å². The molecule has 0 amide bonds. The maximum atomic E-state index is 11.5. The van der Waals surface area contributed by atoms with Crippen molar-refractivity contribution in [1.29, 1.82) is 0 Å². The summed E-state index contributed by atoms with van der Waals surface area (Å²) >= 11 is 5.37. The van der Waals surface area contributed by atoms with Gasteiger partial charge in [-0.2, -0.15) is 0 Å². The van der Waals surface area contributed by atoms with E-state index < -0.39 is 22.3 Å². The van der Waals surface area contributed by atoms with Crippen molar-refractivity contribution in [2.45, 2.75) is 0 Å². The lowest BCUT2D eigenvalue weighted by molar-refractivity contribution is -0.385. The number of hydrogen-bond acceptors (Lipinski definition) is 5. The van der Waals surface area contributed by atoms with Crippen LogP contribution in [0.25, 0.3) is 0 Å². The Hall–Kier alpha value is -1.95. The normalized spacial score (nSPS) is 9.76. The first-order chi connectivity index (χ1) is 8.04. The number of methoxy groups -OCH3 is 1. The number of ketones is 1. The molecule has 0 fully saturated rings. The number of nitro groups is 1. The molecular weight excluding hydrogens is 250 g/mol. The summed E-state index contributed by atoms with van der Waals surface area (Å²) in [7, 11) is 1.25. The van der Waals surface area contributed by atoms with Crippen molar-refractivity contribution in [1.82, 2.24) is 0 Å². The van der Waals surface area contributed by atoms with Crippen LogP contribution in [0.5, 0.6) is 5.75 Å². The fraction of sp³-hybridized carbons (Fsp3) is 0.200. The van der Waals surface area contributed by atoms with Gasteiger partial charge in [-0.3, -0.25) is 19.7 Å². The number of hydrogen-bond donors (Lipinski definition) is 0. The molecule has 0 atom stereocenters. The number of Topliss-reactive ketones (excluding diaryl/α,β-unsaturated/α-hetero) is 1. The van der Waals surface area contributed by atoms with Gasteiger partial charge in [0, 0.05) is 11.6 Å². The Kier molecular flexibility index (Phi) is 4.17. The van der Waals surface area contributed by atoms with Crippen molar-refractivity contribution >= 4 is 29.4 Å². The maximum Gasteiger partial charge on any atom is 0.284 e. The minimum atomic E-state index is -0.755. The highest BCUT2D eigenvalue weighted by Crippen LogP contribution is 2.30. The average molecular weight is 258 g/mol. The molecule has 0 radical (unpaired) electrons. The summed E-state index contributed by atoms with van der Waals surface area (Å²) in [4.78, 5) is 32.2. The van der Waals surface area contributed by atoms with E-state index in [0.717, 1.165) is 6.07 Å². The van der Waals surface area contributed by atoms with Gasteiger partial charge in [0.05, 0.1) is 17.9 Å². The predicted molar refractivity (Wildman–Crippen MR) is 60.1 cm³/mol. The Labute approximate surface area is 101 Å². The van der Waals surface area contributed by atoms with Gasteiger partial charge in [0.15, 0.2) is 5.78 Å². The largest absolute Gasteiger partial charge is 0.496 e. The van der Waals surface area contributed by atoms with E-state index in [9.17, 15) is 19.7 Å². The topological polar surface area (TPSA) is 86.5 Å². The molecule has 1 rings (SSSR count). The lowest BCUT2D eigenvalue weighted by Crippen LogP contribution is -2.08. The molecule has 90 valence electrons. The number of rotatable bonds is 5. The number of nitrogens with zero attached hydrogens (tertiary/aromatic N) is 1. The molecule has 0 spiro atoms. The van der Waals surface area contributed by atoms with Crippen LogP contribution >= 0.6 is 11.6 Å². The molecule has 0 bridgehead atoms. The molecule has 0 saturated heterocycles. The van der Waals surface area contributed by atoms with Crippen LogP contribution in [0.1, 0.15) is 20.7 Å². The zero-order valence-electron chi connectivity index (χ0n) is 8.81. The maximum absolute atomic E-state index is 11.5. The van der Waals surface area contributed by atoms with Crippen LogP contribution in [0.15, 0.2) is 12.1 Å². The molecule has 0 aliphatic rings. The van der Waals surface area contributed by atoms with Crippen molar-refractivity contribution in [2.24, 2.45) is 0 Å². The molecule has 0 unspecified atom stereocenters. The Morgan fingerprint density at radius 3 is 2.65 bits per heavy atom. The number of carbonyl (C=O) groups is 2. The molecule has 0 heterocycles. The van der Waals surface area contributed by atoms with Crippen molar-refractivity contribution in [2.75, 3.05) is 13.0 Å². The molecule has 1 aromatic carbocycles. The highest BCUT2D eigenvalue weighted by Gasteiger charge is 2.25. The van der Waals surface area contributed by atoms with E-state index in [1.54, 1.807) is 0 Å². The third kappa shape index (κ3) is 2.59. The minimum absolute atomic E-state index is 0.0352. The summed E-state index contributed by atoms with van der Waals surface area (Å²) in [6.07, 6.45) is 0.435. The molecule has 0 N–H and O–H groups in total. The number of aldehydes is 1. The highest BCUT2D eigenvalue weighted by molar-refractivity contribution is 6.31. The molecule has 0 saturated carbocycles. The number of ether oxygens (including phenoxy) is 1. The summed E-state index contributed by atoms with van der Waals surface area (Å²) < 4.78 is 4.86. The number of halogens is 1. The second-order valence-corrected chi connectivity index (χ2v) is 3.32. The van der Waals surface area contributed by atoms with E-state index in [1.807, 2.05) is 0 Å². The highest BCUT2D eigenvalue weighted by atomic mass is 35.5. The summed E-state index contributed by atoms with van der Waals surface area (Å²) in [5.41, 5.74) is -0.658. The van der Waals surface area contributed by atoms with Gasteiger partial charge in [0.25, 0.3) is 5.69 Å². The Morgan fingerprint density at radius 1 is 1.59 bits per heavy atom. The average Bonchev–Trinajstić information content (AvgIpc) is 2.35. The van der Waals surface area contributed by atoms with Crippen LogP contribution in [0.2, 0.25) is 0 Å². The zero-order chi connectivity index (χ0) is 13.0. The van der Waals surface area contributed by atoms with Crippen molar-refractivity contribution in [3.63, 3.8) is 0 Å². The van der Waals surface area contributed by atoms with Crippen molar-refractivity contribution < 1.29 is 19.2 Å². The zero-order valence-corrected chi connectivity index (χ0v) is 9.56. The predicted octanol–water partition coefficient (Wildman–Crippen LogP) is 1.84. The second kappa shape index (κ2) is 5.40. The van der Waals surface area contributed by atoms with E-state index in [2.05, 4.69) is 0 Å². The molecule has 1 aromatic rings. The van der Waals surface area contributed by atoms with Gasteiger partial charge < -0.3 is 4.74 Å². The SMILES string of the molecule is COc1cc(C=O)cc([N+](=O)[O-])c1C(=O)CCl. The van der Waals surface area contributed by atoms with Crippen LogP contribution in [0, 0.1) is 10.1 Å². The summed E-state index contributed by atoms with van der Waals surface area (Å²) in [5, 5.41) is 10.8. The first-order valence-electron chi connectivity index (χ1n) is 4.46. The van der Waals surface area contributed by atoms with Gasteiger partial charge in [-0.05, 0) is 6.07 Å². The van der Waals surface area contributed by atoms with Crippen LogP contribution in [0.3, 0.4) is 0 Å². The third-order valence-electron chi connectivity index (χ3n) is 2.06. The monoisotopic (exact) mass is 257 g/mol. The van der Waals surface area contributed by atoms with Crippen molar-refractivity contribution in [3.8, 4) is 5.75 Å². The van der Waals surface area contributed by atoms with E-state index >= 15 is 0 Å². The van der Waals surface area contributed by atoms with Crippen LogP contribution < -0.4 is 4.74 Å². The van der Waals surface area contributed by atoms with E-state index in [-0.39, 0.29) is 16.9 Å². The van der Waals surface area contributed by atoms with E-state index in [1.165, 1.54) is 13.2 Å². The van der Waals surface area contributed by atoms with Crippen LogP contribution in [-0.2, 0) is 0 Å². The molecule has 7 heteroatoms. The summed E-state index contributed by atoms with van der Waals surface area (Å²) in [5.74, 6) is -1.07. The first kappa shape index (κ1) is 13.1. The number of benzene rings is 1. The van der Waals surface area contributed by atoms with Gasteiger partial charge in [0.1, 0.15) is 17.6 Å². The lowest BCUT2D eigenvalue weighted by atomic mass is 10.0. The standard InChI is InChI=1S/C10H8ClNO5/c1-17-9-3-6(5-13)2-7(12(15)16)10(9)8(14)4-11/h2-3,5H,4H2,1H3. The minimum Gasteiger partial charge on any atom is -0.496 e. The number of alkyl halides is 1. The molecule has 0 aromatic heterocycles. The van der Waals surface area contributed by atoms with E-state index in [4.69, 9.17) is 16.3 Å². The van der Waals surface area contributed by atoms with Gasteiger partial charge >= 0.3 is 0 Å². The van der Waals surface area contributed by atoms with Crippen LogP contribution in [0.4, 0.5) is 5.69 Å². The second-order valence-electron chi connectivity index (χ2n) is 3.05. The molecule has 0 aliphatic heterocycles. The number of carbonyl (C=O) groups excluding carboxylic acids is 2. The van der Waals surface area contributed by atoms with Gasteiger partial charge in [-0.15, -0.1) is 11.6 Å². The molecule has 0 aliphatic carbocycles. The quantitative estimate of drug-likeness (QED) is 0.264. The third-order valence-corrected chi connectivity index (χ3v) is 2.30. The van der Waals surface area contributed by atoms with E-state index in [0.29, 0.717) is 6.29 Å². The molecule has 6 nitrogen and oxygen atoms in total. The lowest BCUT2D eigenvalue weighted by Gasteiger charge is -2.07. The summed E-state index contributed by atoms with van der Waals surface area (Å²) in [6, 6.07) is 2.26.